The summed E-state index contributed by atoms with van der Waals surface area (Å²) in [6.07, 6.45) is -5.60. The molecule has 3 aliphatic heterocycles. The largest absolute Gasteiger partial charge is 0.497 e. The number of fused-ring (bicyclic) bond motifs is 6. The van der Waals surface area contributed by atoms with Gasteiger partial charge in [0.15, 0.2) is 0 Å². The molecule has 222 valence electrons. The van der Waals surface area contributed by atoms with Crippen molar-refractivity contribution < 1.29 is 41.8 Å². The lowest BCUT2D eigenvalue weighted by Crippen LogP contribution is -2.51. The maximum atomic E-state index is 13.7. The second-order valence-corrected chi connectivity index (χ2v) is 11.7. The molecule has 0 saturated carbocycles. The van der Waals surface area contributed by atoms with E-state index in [2.05, 4.69) is 0 Å². The molecule has 2 bridgehead atoms. The number of nitriles is 1. The molecule has 3 aromatic rings. The van der Waals surface area contributed by atoms with Crippen LogP contribution in [0.1, 0.15) is 49.8 Å². The summed E-state index contributed by atoms with van der Waals surface area (Å²) in [5, 5.41) is 11.0. The number of esters is 1. The third-order valence-corrected chi connectivity index (χ3v) is 9.14. The molecule has 6 atom stereocenters. The van der Waals surface area contributed by atoms with Gasteiger partial charge in [0.2, 0.25) is 11.8 Å². The highest BCUT2D eigenvalue weighted by Crippen LogP contribution is 2.62. The normalized spacial score (nSPS) is 28.6. The van der Waals surface area contributed by atoms with E-state index in [0.717, 1.165) is 33.4 Å². The average Bonchev–Trinajstić information content (AvgIpc) is 3.50. The summed E-state index contributed by atoms with van der Waals surface area (Å²) >= 11 is 0. The van der Waals surface area contributed by atoms with Crippen LogP contribution in [-0.2, 0) is 30.0 Å². The lowest BCUT2D eigenvalue weighted by Gasteiger charge is -2.35. The van der Waals surface area contributed by atoms with Gasteiger partial charge in [0.25, 0.3) is 0 Å². The summed E-state index contributed by atoms with van der Waals surface area (Å²) in [5.74, 6) is -3.96. The van der Waals surface area contributed by atoms with Crippen LogP contribution in [0.25, 0.3) is 10.8 Å². The van der Waals surface area contributed by atoms with Crippen molar-refractivity contribution >= 4 is 34.2 Å². The van der Waals surface area contributed by atoms with Crippen LogP contribution in [0.15, 0.2) is 54.6 Å². The number of anilines is 1. The Kier molecular flexibility index (Phi) is 6.36. The predicted molar refractivity (Wildman–Crippen MR) is 147 cm³/mol. The van der Waals surface area contributed by atoms with E-state index in [9.17, 15) is 27.6 Å². The van der Waals surface area contributed by atoms with E-state index in [1.165, 1.54) is 6.07 Å². The standard InChI is InChI=1S/C32H27F3N2O6/c1-16(17-5-6-19-12-22(41-4)10-8-18(19)11-17)29(40)42-24-14-30(2)25-26(31(24,3)43-30)28(39)37(27(25)38)21-9-7-20(15-36)23(13-21)32(33,34)35/h5-13,16,24-26H,14H2,1-4H3/t16-,24-,25+,26-,30+,31-/m0/s1. The summed E-state index contributed by atoms with van der Waals surface area (Å²) in [5.41, 5.74) is -3.98. The van der Waals surface area contributed by atoms with Gasteiger partial charge < -0.3 is 14.2 Å². The van der Waals surface area contributed by atoms with Gasteiger partial charge in [-0.1, -0.05) is 24.3 Å². The van der Waals surface area contributed by atoms with E-state index < -0.39 is 70.1 Å². The highest BCUT2D eigenvalue weighted by molar-refractivity contribution is 6.23. The molecule has 3 aliphatic rings. The van der Waals surface area contributed by atoms with Crippen molar-refractivity contribution in [2.75, 3.05) is 12.0 Å². The van der Waals surface area contributed by atoms with E-state index in [0.29, 0.717) is 11.8 Å². The van der Waals surface area contributed by atoms with Crippen molar-refractivity contribution in [2.45, 2.75) is 56.6 Å². The monoisotopic (exact) mass is 592 g/mol. The molecule has 3 aromatic carbocycles. The number of carbonyl (C=O) groups excluding carboxylic acids is 3. The number of hydrogen-bond donors (Lipinski definition) is 0. The summed E-state index contributed by atoms with van der Waals surface area (Å²) in [6.45, 7) is 4.96. The zero-order valence-corrected chi connectivity index (χ0v) is 23.7. The molecule has 6 rings (SSSR count). The number of benzene rings is 3. The minimum atomic E-state index is -4.86. The number of methoxy groups -OCH3 is 1. The van der Waals surface area contributed by atoms with Crippen molar-refractivity contribution in [3.8, 4) is 11.8 Å². The van der Waals surface area contributed by atoms with Crippen molar-refractivity contribution in [1.82, 2.24) is 0 Å². The topological polar surface area (TPSA) is 106 Å². The summed E-state index contributed by atoms with van der Waals surface area (Å²) in [7, 11) is 1.58. The van der Waals surface area contributed by atoms with Gasteiger partial charge in [0.05, 0.1) is 53.3 Å². The van der Waals surface area contributed by atoms with Crippen molar-refractivity contribution in [3.63, 3.8) is 0 Å². The van der Waals surface area contributed by atoms with Gasteiger partial charge in [0.1, 0.15) is 17.5 Å². The smallest absolute Gasteiger partial charge is 0.417 e. The van der Waals surface area contributed by atoms with Gasteiger partial charge in [0, 0.05) is 6.42 Å². The Morgan fingerprint density at radius 3 is 2.40 bits per heavy atom. The van der Waals surface area contributed by atoms with Crippen LogP contribution in [0.2, 0.25) is 0 Å². The number of hydrogen-bond acceptors (Lipinski definition) is 7. The fourth-order valence-corrected chi connectivity index (χ4v) is 6.93. The average molecular weight is 593 g/mol. The molecular formula is C32H27F3N2O6. The molecule has 3 heterocycles. The number of nitrogens with zero attached hydrogens (tertiary/aromatic N) is 2. The minimum Gasteiger partial charge on any atom is -0.497 e. The van der Waals surface area contributed by atoms with Crippen LogP contribution in [0, 0.1) is 23.2 Å². The molecule has 3 fully saturated rings. The number of imide groups is 1. The van der Waals surface area contributed by atoms with Gasteiger partial charge in [-0.05, 0) is 67.4 Å². The van der Waals surface area contributed by atoms with E-state index in [-0.39, 0.29) is 12.1 Å². The Hall–Kier alpha value is -4.43. The van der Waals surface area contributed by atoms with Crippen LogP contribution in [-0.4, -0.2) is 42.2 Å². The van der Waals surface area contributed by atoms with Gasteiger partial charge in [-0.3, -0.25) is 14.4 Å². The lowest BCUT2D eigenvalue weighted by atomic mass is 9.67. The number of rotatable bonds is 5. The fourth-order valence-electron chi connectivity index (χ4n) is 6.93. The van der Waals surface area contributed by atoms with Crippen molar-refractivity contribution in [1.29, 1.82) is 5.26 Å². The Labute approximate surface area is 244 Å². The molecule has 0 radical (unpaired) electrons. The Balaban J connectivity index is 1.26. The van der Waals surface area contributed by atoms with Crippen LogP contribution >= 0.6 is 0 Å². The second-order valence-electron chi connectivity index (χ2n) is 11.7. The summed E-state index contributed by atoms with van der Waals surface area (Å²) in [4.78, 5) is 41.4. The number of ether oxygens (including phenoxy) is 3. The van der Waals surface area contributed by atoms with E-state index >= 15 is 0 Å². The van der Waals surface area contributed by atoms with E-state index in [4.69, 9.17) is 19.5 Å². The molecule has 2 amide bonds. The summed E-state index contributed by atoms with van der Waals surface area (Å²) in [6, 6.07) is 15.4. The van der Waals surface area contributed by atoms with Crippen molar-refractivity contribution in [3.05, 3.63) is 71.3 Å². The number of alkyl halides is 3. The number of halogens is 3. The lowest BCUT2D eigenvalue weighted by molar-refractivity contribution is -0.163. The molecule has 8 nitrogen and oxygen atoms in total. The Morgan fingerprint density at radius 2 is 1.72 bits per heavy atom. The zero-order chi connectivity index (χ0) is 31.1. The molecule has 0 spiro atoms. The predicted octanol–water partition coefficient (Wildman–Crippen LogP) is 5.51. The fraction of sp³-hybridized carbons (Fsp3) is 0.375. The SMILES string of the molecule is COc1ccc2cc([C@H](C)C(=O)O[C@H]3C[C@@]4(C)O[C@]3(C)[C@@H]3C(=O)N(c5ccc(C#N)c(C(F)(F)F)c5)C(=O)[C@@H]34)ccc2c1. The maximum Gasteiger partial charge on any atom is 0.417 e. The second kappa shape index (κ2) is 9.54. The van der Waals surface area contributed by atoms with E-state index in [1.807, 2.05) is 36.4 Å². The van der Waals surface area contributed by atoms with Crippen molar-refractivity contribution in [2.24, 2.45) is 11.8 Å². The first-order valence-corrected chi connectivity index (χ1v) is 13.7. The number of carbonyl (C=O) groups is 3. The molecule has 43 heavy (non-hydrogen) atoms. The highest BCUT2D eigenvalue weighted by atomic mass is 19.4. The quantitative estimate of drug-likeness (QED) is 0.284. The third-order valence-electron chi connectivity index (χ3n) is 9.14. The van der Waals surface area contributed by atoms with Crippen LogP contribution in [0.3, 0.4) is 0 Å². The van der Waals surface area contributed by atoms with Gasteiger partial charge in [-0.2, -0.15) is 18.4 Å². The molecule has 0 N–H and O–H groups in total. The summed E-state index contributed by atoms with van der Waals surface area (Å²) < 4.78 is 58.4. The van der Waals surface area contributed by atoms with Crippen LogP contribution < -0.4 is 9.64 Å². The highest BCUT2D eigenvalue weighted by Gasteiger charge is 2.77. The maximum absolute atomic E-state index is 13.7. The van der Waals surface area contributed by atoms with Gasteiger partial charge >= 0.3 is 12.1 Å². The van der Waals surface area contributed by atoms with Crippen LogP contribution in [0.5, 0.6) is 5.75 Å². The first-order chi connectivity index (χ1) is 20.2. The molecule has 0 unspecified atom stereocenters. The number of amides is 2. The minimum absolute atomic E-state index is 0.134. The molecular weight excluding hydrogens is 565 g/mol. The first kappa shape index (κ1) is 28.7. The first-order valence-electron chi connectivity index (χ1n) is 13.7. The third kappa shape index (κ3) is 4.27. The molecule has 0 aromatic heterocycles. The van der Waals surface area contributed by atoms with E-state index in [1.54, 1.807) is 27.9 Å². The molecule has 11 heteroatoms. The van der Waals surface area contributed by atoms with Gasteiger partial charge in [-0.25, -0.2) is 4.90 Å². The van der Waals surface area contributed by atoms with Crippen LogP contribution in [0.4, 0.5) is 18.9 Å². The Morgan fingerprint density at radius 1 is 1.05 bits per heavy atom. The molecule has 0 aliphatic carbocycles. The van der Waals surface area contributed by atoms with Gasteiger partial charge in [-0.15, -0.1) is 0 Å². The Bertz CT molecular complexity index is 1750. The molecule has 3 saturated heterocycles. The zero-order valence-electron chi connectivity index (χ0n) is 23.7.